The number of hydrogen-bond acceptors (Lipinski definition) is 8. The van der Waals surface area contributed by atoms with E-state index in [0.29, 0.717) is 21.1 Å². The van der Waals surface area contributed by atoms with Crippen molar-refractivity contribution in [3.05, 3.63) is 88.5 Å². The second-order valence-corrected chi connectivity index (χ2v) is 13.0. The van der Waals surface area contributed by atoms with E-state index in [1.165, 1.54) is 25.6 Å². The first-order valence-electron chi connectivity index (χ1n) is 14.6. The SMILES string of the molecule is C=CC(C)(C)OC(O)N1CCC(C(F)(F)c2ccc3ncn(-c4cc(OC(C)c5ccccc5Cl)c(C(=O)OC)s4)c3c2)CC1. The Bertz CT molecular complexity index is 1680. The number of hydrogen-bond donors (Lipinski definition) is 1. The van der Waals surface area contributed by atoms with Crippen molar-refractivity contribution in [1.82, 2.24) is 14.5 Å². The summed E-state index contributed by atoms with van der Waals surface area (Å²) < 4.78 is 50.4. The highest BCUT2D eigenvalue weighted by molar-refractivity contribution is 7.16. The number of rotatable bonds is 11. The number of imidazole rings is 1. The molecule has 8 nitrogen and oxygen atoms in total. The zero-order valence-electron chi connectivity index (χ0n) is 25.5. The molecule has 1 N–H and O–H groups in total. The van der Waals surface area contributed by atoms with Crippen molar-refractivity contribution >= 4 is 39.9 Å². The number of methoxy groups -OCH3 is 1. The molecule has 0 radical (unpaired) electrons. The van der Waals surface area contributed by atoms with E-state index < -0.39 is 35.9 Å². The van der Waals surface area contributed by atoms with Crippen LogP contribution in [0.25, 0.3) is 16.0 Å². The minimum Gasteiger partial charge on any atom is -0.484 e. The molecular weight excluding hydrogens is 624 g/mol. The number of benzene rings is 2. The number of thiophene rings is 1. The maximum Gasteiger partial charge on any atom is 0.351 e. The molecular formula is C33H36ClF2N3O5S. The van der Waals surface area contributed by atoms with Gasteiger partial charge in [-0.2, -0.15) is 0 Å². The van der Waals surface area contributed by atoms with Crippen molar-refractivity contribution in [2.45, 2.75) is 57.7 Å². The minimum atomic E-state index is -3.13. The number of alkyl halides is 2. The van der Waals surface area contributed by atoms with E-state index in [9.17, 15) is 9.90 Å². The van der Waals surface area contributed by atoms with E-state index in [1.807, 2.05) is 25.1 Å². The monoisotopic (exact) mass is 659 g/mol. The molecule has 1 fully saturated rings. The van der Waals surface area contributed by atoms with E-state index in [2.05, 4.69) is 11.6 Å². The van der Waals surface area contributed by atoms with Crippen LogP contribution in [-0.2, 0) is 15.4 Å². The number of aliphatic hydroxyl groups is 1. The first-order valence-corrected chi connectivity index (χ1v) is 15.8. The van der Waals surface area contributed by atoms with Gasteiger partial charge in [0.1, 0.15) is 23.2 Å². The fraction of sp³-hybridized carbons (Fsp3) is 0.394. The lowest BCUT2D eigenvalue weighted by Crippen LogP contribution is -2.47. The number of nitrogens with zero attached hydrogens (tertiary/aromatic N) is 3. The number of esters is 1. The van der Waals surface area contributed by atoms with Gasteiger partial charge in [0.25, 0.3) is 5.92 Å². The lowest BCUT2D eigenvalue weighted by Gasteiger charge is -2.39. The van der Waals surface area contributed by atoms with Gasteiger partial charge in [0, 0.05) is 41.2 Å². The van der Waals surface area contributed by atoms with E-state index in [-0.39, 0.29) is 42.1 Å². The summed E-state index contributed by atoms with van der Waals surface area (Å²) in [5.41, 5.74) is 0.849. The van der Waals surface area contributed by atoms with Crippen LogP contribution in [0.1, 0.15) is 60.5 Å². The van der Waals surface area contributed by atoms with E-state index >= 15 is 8.78 Å². The van der Waals surface area contributed by atoms with Crippen molar-refractivity contribution in [2.75, 3.05) is 20.2 Å². The summed E-state index contributed by atoms with van der Waals surface area (Å²) in [6, 6.07) is 13.4. The number of aliphatic hydroxyl groups excluding tert-OH is 1. The molecule has 0 bridgehead atoms. The average molecular weight is 660 g/mol. The standard InChI is InChI=1S/C33H36ClF2N3O5S/c1-6-32(3,4)44-31(41)38-15-13-21(14-16-38)33(35,36)22-11-12-25-26(17-22)39(19-37-25)28-18-27(29(45-28)30(40)42-5)43-20(2)23-9-7-8-10-24(23)34/h6-12,17-21,31,41H,1,13-16H2,2-5H3. The molecule has 0 amide bonds. The summed E-state index contributed by atoms with van der Waals surface area (Å²) in [6.45, 7) is 9.58. The Labute approximate surface area is 269 Å². The van der Waals surface area contributed by atoms with Gasteiger partial charge in [-0.1, -0.05) is 41.9 Å². The third kappa shape index (κ3) is 6.92. The normalized spacial score (nSPS) is 16.4. The Morgan fingerprint density at radius 3 is 2.58 bits per heavy atom. The number of ether oxygens (including phenoxy) is 3. The van der Waals surface area contributed by atoms with E-state index in [1.54, 1.807) is 47.6 Å². The molecule has 2 aromatic heterocycles. The molecule has 1 saturated heterocycles. The minimum absolute atomic E-state index is 0.131. The fourth-order valence-electron chi connectivity index (χ4n) is 5.37. The third-order valence-electron chi connectivity index (χ3n) is 8.13. The van der Waals surface area contributed by atoms with Crippen LogP contribution in [0.4, 0.5) is 8.78 Å². The second-order valence-electron chi connectivity index (χ2n) is 11.6. The Balaban J connectivity index is 1.39. The van der Waals surface area contributed by atoms with Crippen LogP contribution in [0, 0.1) is 5.92 Å². The van der Waals surface area contributed by atoms with Gasteiger partial charge >= 0.3 is 5.97 Å². The molecule has 12 heteroatoms. The molecule has 2 atom stereocenters. The second kappa shape index (κ2) is 13.2. The molecule has 0 spiro atoms. The predicted molar refractivity (Wildman–Crippen MR) is 170 cm³/mol. The lowest BCUT2D eigenvalue weighted by atomic mass is 9.86. The van der Waals surface area contributed by atoms with Crippen molar-refractivity contribution in [3.63, 3.8) is 0 Å². The molecule has 240 valence electrons. The first kappa shape index (κ1) is 33.0. The van der Waals surface area contributed by atoms with Crippen LogP contribution >= 0.6 is 22.9 Å². The van der Waals surface area contributed by atoms with Gasteiger partial charge < -0.3 is 19.3 Å². The highest BCUT2D eigenvalue weighted by atomic mass is 35.5. The zero-order chi connectivity index (χ0) is 32.5. The number of halogens is 3. The van der Waals surface area contributed by atoms with Gasteiger partial charge in [-0.25, -0.2) is 18.6 Å². The molecule has 3 heterocycles. The summed E-state index contributed by atoms with van der Waals surface area (Å²) in [6.07, 6.45) is 1.78. The molecule has 5 rings (SSSR count). The van der Waals surface area contributed by atoms with E-state index in [0.717, 1.165) is 16.9 Å². The Morgan fingerprint density at radius 2 is 1.91 bits per heavy atom. The molecule has 2 unspecified atom stereocenters. The fourth-order valence-corrected chi connectivity index (χ4v) is 6.65. The summed E-state index contributed by atoms with van der Waals surface area (Å²) in [5, 5.41) is 11.6. The van der Waals surface area contributed by atoms with Gasteiger partial charge in [-0.05, 0) is 51.8 Å². The number of fused-ring (bicyclic) bond motifs is 1. The summed E-state index contributed by atoms with van der Waals surface area (Å²) >= 11 is 7.47. The van der Waals surface area contributed by atoms with Crippen molar-refractivity contribution in [3.8, 4) is 10.8 Å². The molecule has 0 aliphatic carbocycles. The van der Waals surface area contributed by atoms with Crippen molar-refractivity contribution in [2.24, 2.45) is 5.92 Å². The van der Waals surface area contributed by atoms with Crippen molar-refractivity contribution < 1.29 is 32.9 Å². The number of carbonyl (C=O) groups is 1. The average Bonchev–Trinajstić information content (AvgIpc) is 3.64. The highest BCUT2D eigenvalue weighted by Crippen LogP contribution is 2.43. The largest absolute Gasteiger partial charge is 0.484 e. The summed E-state index contributed by atoms with van der Waals surface area (Å²) in [7, 11) is 1.28. The lowest BCUT2D eigenvalue weighted by molar-refractivity contribution is -0.240. The number of likely N-dealkylation sites (tertiary alicyclic amines) is 1. The molecule has 2 aromatic carbocycles. The maximum atomic E-state index is 16.0. The predicted octanol–water partition coefficient (Wildman–Crippen LogP) is 7.73. The van der Waals surface area contributed by atoms with Crippen LogP contribution in [0.3, 0.4) is 0 Å². The van der Waals surface area contributed by atoms with Gasteiger partial charge in [0.05, 0.1) is 23.7 Å². The molecule has 1 aliphatic heterocycles. The van der Waals surface area contributed by atoms with Crippen molar-refractivity contribution in [1.29, 1.82) is 0 Å². The van der Waals surface area contributed by atoms with Crippen LogP contribution < -0.4 is 4.74 Å². The van der Waals surface area contributed by atoms with Gasteiger partial charge in [0.15, 0.2) is 4.88 Å². The van der Waals surface area contributed by atoms with E-state index in [4.69, 9.17) is 25.8 Å². The van der Waals surface area contributed by atoms with Crippen LogP contribution in [0.15, 0.2) is 67.5 Å². The quantitative estimate of drug-likeness (QED) is 0.100. The zero-order valence-corrected chi connectivity index (χ0v) is 27.1. The van der Waals surface area contributed by atoms with Gasteiger partial charge in [-0.3, -0.25) is 9.47 Å². The van der Waals surface area contributed by atoms with Crippen LogP contribution in [0.5, 0.6) is 5.75 Å². The van der Waals surface area contributed by atoms with Gasteiger partial charge in [0.2, 0.25) is 6.41 Å². The molecule has 1 aliphatic rings. The number of aromatic nitrogens is 2. The van der Waals surface area contributed by atoms with Crippen LogP contribution in [0.2, 0.25) is 5.02 Å². The Morgan fingerprint density at radius 1 is 1.20 bits per heavy atom. The maximum absolute atomic E-state index is 16.0. The third-order valence-corrected chi connectivity index (χ3v) is 9.57. The molecule has 45 heavy (non-hydrogen) atoms. The van der Waals surface area contributed by atoms with Crippen LogP contribution in [-0.4, -0.2) is 57.7 Å². The smallest absolute Gasteiger partial charge is 0.351 e. The highest BCUT2D eigenvalue weighted by Gasteiger charge is 2.44. The number of carbonyl (C=O) groups excluding carboxylic acids is 1. The summed E-state index contributed by atoms with van der Waals surface area (Å²) in [5.74, 6) is -4.36. The first-order chi connectivity index (χ1) is 21.3. The molecule has 4 aromatic rings. The summed E-state index contributed by atoms with van der Waals surface area (Å²) in [4.78, 5) is 19.0. The Hall–Kier alpha value is -3.35. The number of piperidine rings is 1. The Kier molecular flexibility index (Phi) is 9.67. The molecule has 0 saturated carbocycles. The topological polar surface area (TPSA) is 86.0 Å². The van der Waals surface area contributed by atoms with Gasteiger partial charge in [-0.15, -0.1) is 17.9 Å².